The third kappa shape index (κ3) is 2.99. The Labute approximate surface area is 259 Å². The molecule has 0 bridgehead atoms. The highest BCUT2D eigenvalue weighted by Gasteiger charge is 3.01. The van der Waals surface area contributed by atoms with Gasteiger partial charge < -0.3 is 38.8 Å². The Morgan fingerprint density at radius 2 is 1.61 bits per heavy atom. The molecule has 5 aliphatic rings. The lowest BCUT2D eigenvalue weighted by atomic mass is 9.72. The van der Waals surface area contributed by atoms with E-state index in [9.17, 15) is 19.4 Å². The summed E-state index contributed by atoms with van der Waals surface area (Å²) in [6.45, 7) is 5.11. The van der Waals surface area contributed by atoms with Crippen LogP contribution in [-0.4, -0.2) is 57.6 Å². The van der Waals surface area contributed by atoms with Gasteiger partial charge in [-0.05, 0) is 61.8 Å². The van der Waals surface area contributed by atoms with Crippen molar-refractivity contribution in [2.24, 2.45) is 16.2 Å². The number of nitrogens with zero attached hydrogens (tertiary/aromatic N) is 2. The molecule has 2 aromatic carbocycles. The number of rotatable bonds is 6. The number of halogens is 1. The van der Waals surface area contributed by atoms with Crippen LogP contribution in [0.5, 0.6) is 11.5 Å². The molecule has 44 heavy (non-hydrogen) atoms. The first-order chi connectivity index (χ1) is 21.1. The summed E-state index contributed by atoms with van der Waals surface area (Å²) in [5.41, 5.74) is 6.19. The number of anilines is 2. The number of H-pyrrole nitrogens is 2. The highest BCUT2D eigenvalue weighted by molar-refractivity contribution is 7.39. The van der Waals surface area contributed by atoms with Crippen molar-refractivity contribution < 1.29 is 28.6 Å². The molecule has 4 atom stereocenters. The fourth-order valence-corrected chi connectivity index (χ4v) is 10.2. The zero-order chi connectivity index (χ0) is 30.5. The number of methoxy groups -OCH3 is 1. The van der Waals surface area contributed by atoms with Gasteiger partial charge in [-0.15, -0.1) is 11.6 Å². The monoisotopic (exact) mass is 634 g/mol. The minimum Gasteiger partial charge on any atom is -0.494 e. The first-order valence-corrected chi connectivity index (χ1v) is 16.7. The van der Waals surface area contributed by atoms with Crippen molar-refractivity contribution in [1.29, 1.82) is 0 Å². The summed E-state index contributed by atoms with van der Waals surface area (Å²) in [5, 5.41) is 2.03. The summed E-state index contributed by atoms with van der Waals surface area (Å²) < 4.78 is 11.1. The van der Waals surface area contributed by atoms with Gasteiger partial charge in [0.2, 0.25) is 11.8 Å². The lowest BCUT2D eigenvalue weighted by Gasteiger charge is -2.37. The lowest BCUT2D eigenvalue weighted by molar-refractivity contribution is -0.134. The molecule has 3 aliphatic carbocycles. The van der Waals surface area contributed by atoms with Gasteiger partial charge in [0.1, 0.15) is 5.75 Å². The highest BCUT2D eigenvalue weighted by Crippen LogP contribution is 3.01. The number of hydrogen-bond acceptors (Lipinski definition) is 6. The molecule has 10 nitrogen and oxygen atoms in total. The maximum atomic E-state index is 14.5. The molecule has 0 radical (unpaired) electrons. The SMILES string of the molecule is COc1cc2c(c3c(C)c[nH]c13)CCN2C(=O)C12CC3(C(=O)N4C[C@@H](CCl)c5c4cc(OP(O)O)c4[nH]cc(C)c54)CC13C2. The number of ether oxygens (including phenoxy) is 1. The number of carbonyl (C=O) groups is 2. The normalized spacial score (nSPS) is 29.0. The number of nitrogens with one attached hydrogen (secondary N) is 2. The van der Waals surface area contributed by atoms with E-state index in [0.717, 1.165) is 63.7 Å². The molecule has 3 fully saturated rings. The van der Waals surface area contributed by atoms with Crippen LogP contribution in [0.4, 0.5) is 11.4 Å². The largest absolute Gasteiger partial charge is 0.494 e. The quantitative estimate of drug-likeness (QED) is 0.168. The van der Waals surface area contributed by atoms with Crippen molar-refractivity contribution in [3.63, 3.8) is 0 Å². The van der Waals surface area contributed by atoms with Crippen LogP contribution in [0.1, 0.15) is 47.4 Å². The molecular weight excluding hydrogens is 603 g/mol. The van der Waals surface area contributed by atoms with Gasteiger partial charge in [0, 0.05) is 65.6 Å². The number of aryl methyl sites for hydroxylation is 2. The van der Waals surface area contributed by atoms with E-state index in [-0.39, 0.29) is 23.1 Å². The van der Waals surface area contributed by atoms with E-state index >= 15 is 0 Å². The van der Waals surface area contributed by atoms with Gasteiger partial charge in [-0.25, -0.2) is 0 Å². The van der Waals surface area contributed by atoms with Crippen LogP contribution in [0.15, 0.2) is 24.5 Å². The molecular formula is C32H32ClN4O6P. The number of aromatic nitrogens is 2. The summed E-state index contributed by atoms with van der Waals surface area (Å²) in [6.07, 6.45) is 6.63. The first kappa shape index (κ1) is 27.0. The number of alkyl halides is 1. The van der Waals surface area contributed by atoms with E-state index in [0.29, 0.717) is 42.3 Å². The van der Waals surface area contributed by atoms with Gasteiger partial charge in [0.15, 0.2) is 5.75 Å². The zero-order valence-electron chi connectivity index (χ0n) is 24.6. The van der Waals surface area contributed by atoms with Gasteiger partial charge in [0.05, 0.1) is 40.3 Å². The smallest absolute Gasteiger partial charge is 0.391 e. The van der Waals surface area contributed by atoms with E-state index in [1.807, 2.05) is 35.2 Å². The predicted octanol–water partition coefficient (Wildman–Crippen LogP) is 5.29. The molecule has 2 aliphatic heterocycles. The number of benzene rings is 2. The highest BCUT2D eigenvalue weighted by atomic mass is 35.5. The molecule has 2 amide bonds. The van der Waals surface area contributed by atoms with Gasteiger partial charge in [0.25, 0.3) is 0 Å². The molecule has 3 unspecified atom stereocenters. The second-order valence-electron chi connectivity index (χ2n) is 13.4. The maximum absolute atomic E-state index is 14.5. The summed E-state index contributed by atoms with van der Waals surface area (Å²) in [7, 11) is -0.999. The van der Waals surface area contributed by atoms with Crippen LogP contribution in [0.3, 0.4) is 0 Å². The Hall–Kier alpha value is -3.30. The third-order valence-corrected chi connectivity index (χ3v) is 12.3. The second kappa shape index (κ2) is 8.49. The Balaban J connectivity index is 1.04. The molecule has 4 aromatic rings. The standard InChI is InChI=1S/C32H32ClN4O6P/c1-15-9-34-26-21(42-3)6-19-18(23(15)26)4-5-36(19)28(38)30-12-31(14-32(30,31)13-30)29(39)37-11-17(8-33)25-20(37)7-22(43-44(40)41)27-24(25)16(2)10-35-27/h6-7,9-10,17,34-35,40-41H,4-5,8,11-14H2,1-3H3/t17-,30?,31?,32?/m1/s1. The maximum Gasteiger partial charge on any atom is 0.391 e. The number of amides is 2. The van der Waals surface area contributed by atoms with Crippen molar-refractivity contribution in [3.8, 4) is 11.5 Å². The van der Waals surface area contributed by atoms with Gasteiger partial charge >= 0.3 is 8.60 Å². The second-order valence-corrected chi connectivity index (χ2v) is 14.4. The van der Waals surface area contributed by atoms with E-state index < -0.39 is 19.4 Å². The minimum absolute atomic E-state index is 0.0363. The van der Waals surface area contributed by atoms with Crippen molar-refractivity contribution >= 4 is 65.2 Å². The lowest BCUT2D eigenvalue weighted by Crippen LogP contribution is -2.49. The van der Waals surface area contributed by atoms with Crippen LogP contribution >= 0.6 is 20.2 Å². The summed E-state index contributed by atoms with van der Waals surface area (Å²) in [4.78, 5) is 58.4. The molecule has 3 saturated carbocycles. The first-order valence-electron chi connectivity index (χ1n) is 15.0. The molecule has 9 rings (SSSR count). The number of aromatic amines is 2. The van der Waals surface area contributed by atoms with E-state index in [4.69, 9.17) is 20.9 Å². The van der Waals surface area contributed by atoms with Crippen LogP contribution in [0, 0.1) is 30.1 Å². The number of carbonyl (C=O) groups excluding carboxylic acids is 2. The van der Waals surface area contributed by atoms with Crippen molar-refractivity contribution in [2.45, 2.75) is 45.4 Å². The predicted molar refractivity (Wildman–Crippen MR) is 168 cm³/mol. The topological polar surface area (TPSA) is 131 Å². The Morgan fingerprint density at radius 1 is 0.977 bits per heavy atom. The van der Waals surface area contributed by atoms with E-state index in [1.54, 1.807) is 13.2 Å². The Morgan fingerprint density at radius 3 is 2.25 bits per heavy atom. The average Bonchev–Trinajstić information content (AvgIpc) is 3.44. The van der Waals surface area contributed by atoms with Crippen molar-refractivity contribution in [3.05, 3.63) is 46.8 Å². The van der Waals surface area contributed by atoms with Gasteiger partial charge in [-0.3, -0.25) is 9.59 Å². The molecule has 12 heteroatoms. The fourth-order valence-electron chi connectivity index (χ4n) is 9.62. The molecule has 1 spiro atoms. The van der Waals surface area contributed by atoms with Crippen molar-refractivity contribution in [2.75, 3.05) is 35.9 Å². The van der Waals surface area contributed by atoms with Crippen LogP contribution in [0.2, 0.25) is 0 Å². The van der Waals surface area contributed by atoms with Crippen LogP contribution < -0.4 is 19.1 Å². The summed E-state index contributed by atoms with van der Waals surface area (Å²) in [6, 6.07) is 3.71. The van der Waals surface area contributed by atoms with E-state index in [2.05, 4.69) is 16.9 Å². The zero-order valence-corrected chi connectivity index (χ0v) is 26.2. The molecule has 0 saturated heterocycles. The van der Waals surface area contributed by atoms with E-state index in [1.165, 1.54) is 5.56 Å². The molecule has 4 N–H and O–H groups in total. The van der Waals surface area contributed by atoms with Gasteiger partial charge in [-0.1, -0.05) is 0 Å². The van der Waals surface area contributed by atoms with Gasteiger partial charge in [-0.2, -0.15) is 0 Å². The fraction of sp³-hybridized carbons (Fsp3) is 0.438. The third-order valence-electron chi connectivity index (χ3n) is 11.6. The Bertz CT molecular complexity index is 1990. The molecule has 228 valence electrons. The van der Waals surface area contributed by atoms with Crippen molar-refractivity contribution in [1.82, 2.24) is 9.97 Å². The number of fused-ring (bicyclic) bond motifs is 6. The average molecular weight is 635 g/mol. The molecule has 4 heterocycles. The number of hydrogen-bond donors (Lipinski definition) is 4. The summed E-state index contributed by atoms with van der Waals surface area (Å²) >= 11 is 6.48. The minimum atomic E-state index is -2.65. The Kier molecular flexibility index (Phi) is 5.22. The van der Waals surface area contributed by atoms with Crippen LogP contribution in [0.25, 0.3) is 21.8 Å². The summed E-state index contributed by atoms with van der Waals surface area (Å²) in [5.74, 6) is 1.45. The molecule has 2 aromatic heterocycles. The van der Waals surface area contributed by atoms with Crippen LogP contribution in [-0.2, 0) is 16.0 Å².